The van der Waals surface area contributed by atoms with Gasteiger partial charge in [0.2, 0.25) is 5.82 Å². The first-order valence-electron chi connectivity index (χ1n) is 5.52. The van der Waals surface area contributed by atoms with E-state index in [0.29, 0.717) is 6.54 Å². The summed E-state index contributed by atoms with van der Waals surface area (Å²) in [4.78, 5) is 8.43. The number of aromatic nitrogens is 2. The molecule has 0 amide bonds. The van der Waals surface area contributed by atoms with Crippen LogP contribution in [0.5, 0.6) is 0 Å². The van der Waals surface area contributed by atoms with Crippen LogP contribution in [0.25, 0.3) is 0 Å². The van der Waals surface area contributed by atoms with Gasteiger partial charge in [0, 0.05) is 19.7 Å². The second-order valence-corrected chi connectivity index (χ2v) is 3.85. The highest BCUT2D eigenvalue weighted by atomic mass is 19.4. The van der Waals surface area contributed by atoms with Gasteiger partial charge in [0.25, 0.3) is 0 Å². The number of alkyl halides is 3. The molecule has 1 aromatic heterocycles. The summed E-state index contributed by atoms with van der Waals surface area (Å²) >= 11 is 0. The minimum atomic E-state index is -4.59. The van der Waals surface area contributed by atoms with Crippen molar-refractivity contribution in [2.45, 2.75) is 25.9 Å². The zero-order valence-electron chi connectivity index (χ0n) is 10.3. The van der Waals surface area contributed by atoms with Gasteiger partial charge in [-0.05, 0) is 6.42 Å². The molecule has 0 atom stereocenters. The molecule has 0 fully saturated rings. The third-order valence-electron chi connectivity index (χ3n) is 2.35. The number of nitrogens with one attached hydrogen (secondary N) is 1. The first kappa shape index (κ1) is 14.5. The van der Waals surface area contributed by atoms with Crippen LogP contribution in [0.2, 0.25) is 0 Å². The van der Waals surface area contributed by atoms with Crippen LogP contribution >= 0.6 is 0 Å². The van der Waals surface area contributed by atoms with Crippen LogP contribution in [0, 0.1) is 0 Å². The molecular formula is C10H16F3N5. The molecule has 0 radical (unpaired) electrons. The predicted octanol–water partition coefficient (Wildman–Crippen LogP) is 2.02. The first-order chi connectivity index (χ1) is 8.38. The molecule has 0 saturated heterocycles. The number of nitrogens with zero attached hydrogens (tertiary/aromatic N) is 3. The second-order valence-electron chi connectivity index (χ2n) is 3.85. The minimum absolute atomic E-state index is 0.0596. The van der Waals surface area contributed by atoms with E-state index in [9.17, 15) is 13.2 Å². The fourth-order valence-corrected chi connectivity index (χ4v) is 1.34. The van der Waals surface area contributed by atoms with E-state index < -0.39 is 12.0 Å². The van der Waals surface area contributed by atoms with Crippen LogP contribution in [-0.4, -0.2) is 23.6 Å². The molecule has 0 saturated carbocycles. The number of nitrogens with two attached hydrogens (primary N) is 1. The Bertz CT molecular complexity index is 394. The molecule has 0 bridgehead atoms. The van der Waals surface area contributed by atoms with Crippen molar-refractivity contribution in [2.24, 2.45) is 5.84 Å². The van der Waals surface area contributed by atoms with Gasteiger partial charge in [-0.2, -0.15) is 13.2 Å². The molecule has 102 valence electrons. The molecule has 1 rings (SSSR count). The van der Waals surface area contributed by atoms with Gasteiger partial charge in [0.15, 0.2) is 0 Å². The normalized spacial score (nSPS) is 11.4. The van der Waals surface area contributed by atoms with Crippen LogP contribution in [-0.2, 0) is 6.18 Å². The highest BCUT2D eigenvalue weighted by Gasteiger charge is 2.35. The third-order valence-corrected chi connectivity index (χ3v) is 2.35. The fourth-order valence-electron chi connectivity index (χ4n) is 1.34. The van der Waals surface area contributed by atoms with E-state index in [1.54, 1.807) is 11.9 Å². The van der Waals surface area contributed by atoms with Crippen LogP contribution in [0.3, 0.4) is 0 Å². The van der Waals surface area contributed by atoms with E-state index in [2.05, 4.69) is 15.4 Å². The standard InChI is InChI=1S/C10H16F3N5/c1-3-4-5-18(2)8-6-7(17-14)15-9(16-8)10(11,12)13/h6H,3-5,14H2,1-2H3,(H,15,16,17). The fraction of sp³-hybridized carbons (Fsp3) is 0.600. The summed E-state index contributed by atoms with van der Waals surface area (Å²) in [7, 11) is 1.68. The number of nitrogen functional groups attached to an aromatic ring is 1. The van der Waals surface area contributed by atoms with E-state index in [1.165, 1.54) is 6.07 Å². The van der Waals surface area contributed by atoms with E-state index in [4.69, 9.17) is 5.84 Å². The van der Waals surface area contributed by atoms with Gasteiger partial charge in [-0.15, -0.1) is 0 Å². The zero-order valence-corrected chi connectivity index (χ0v) is 10.3. The smallest absolute Gasteiger partial charge is 0.360 e. The third kappa shape index (κ3) is 3.73. The first-order valence-corrected chi connectivity index (χ1v) is 5.52. The van der Waals surface area contributed by atoms with Crippen molar-refractivity contribution in [1.82, 2.24) is 9.97 Å². The highest BCUT2D eigenvalue weighted by Crippen LogP contribution is 2.28. The molecule has 0 aliphatic heterocycles. The number of unbranched alkanes of at least 4 members (excludes halogenated alkanes) is 1. The highest BCUT2D eigenvalue weighted by molar-refractivity contribution is 5.48. The Morgan fingerprint density at radius 1 is 1.39 bits per heavy atom. The lowest BCUT2D eigenvalue weighted by Crippen LogP contribution is -2.23. The number of hydrogen-bond acceptors (Lipinski definition) is 5. The maximum atomic E-state index is 12.6. The maximum absolute atomic E-state index is 12.6. The Labute approximate surface area is 103 Å². The van der Waals surface area contributed by atoms with Crippen molar-refractivity contribution in [3.63, 3.8) is 0 Å². The lowest BCUT2D eigenvalue weighted by Gasteiger charge is -2.19. The van der Waals surface area contributed by atoms with Crippen molar-refractivity contribution in [2.75, 3.05) is 23.9 Å². The Morgan fingerprint density at radius 2 is 2.06 bits per heavy atom. The molecule has 0 unspecified atom stereocenters. The summed E-state index contributed by atoms with van der Waals surface area (Å²) < 4.78 is 37.8. The lowest BCUT2D eigenvalue weighted by molar-refractivity contribution is -0.144. The van der Waals surface area contributed by atoms with Crippen molar-refractivity contribution in [3.05, 3.63) is 11.9 Å². The number of rotatable bonds is 5. The largest absolute Gasteiger partial charge is 0.451 e. The summed E-state index contributed by atoms with van der Waals surface area (Å²) in [6, 6.07) is 1.38. The van der Waals surface area contributed by atoms with Gasteiger partial charge >= 0.3 is 6.18 Å². The topological polar surface area (TPSA) is 67.1 Å². The van der Waals surface area contributed by atoms with Crippen LogP contribution < -0.4 is 16.2 Å². The molecular weight excluding hydrogens is 247 g/mol. The van der Waals surface area contributed by atoms with Gasteiger partial charge in [-0.3, -0.25) is 0 Å². The molecule has 1 aromatic rings. The van der Waals surface area contributed by atoms with Crippen molar-refractivity contribution in [3.8, 4) is 0 Å². The molecule has 0 aromatic carbocycles. The molecule has 5 nitrogen and oxygen atoms in total. The molecule has 3 N–H and O–H groups in total. The van der Waals surface area contributed by atoms with Gasteiger partial charge in [0.1, 0.15) is 11.6 Å². The average Bonchev–Trinajstić information content (AvgIpc) is 2.34. The minimum Gasteiger partial charge on any atom is -0.360 e. The number of hydrogen-bond donors (Lipinski definition) is 2. The van der Waals surface area contributed by atoms with Gasteiger partial charge in [0.05, 0.1) is 0 Å². The Kier molecular flexibility index (Phi) is 4.71. The maximum Gasteiger partial charge on any atom is 0.451 e. The molecule has 8 heteroatoms. The summed E-state index contributed by atoms with van der Waals surface area (Å²) in [5.74, 6) is 4.04. The molecule has 0 aliphatic rings. The summed E-state index contributed by atoms with van der Waals surface area (Å²) in [5, 5.41) is 0. The number of anilines is 2. The summed E-state index contributed by atoms with van der Waals surface area (Å²) in [6.07, 6.45) is -2.77. The van der Waals surface area contributed by atoms with Crippen molar-refractivity contribution in [1.29, 1.82) is 0 Å². The van der Waals surface area contributed by atoms with Crippen molar-refractivity contribution < 1.29 is 13.2 Å². The van der Waals surface area contributed by atoms with Gasteiger partial charge in [-0.25, -0.2) is 15.8 Å². The van der Waals surface area contributed by atoms with Gasteiger partial charge in [-0.1, -0.05) is 13.3 Å². The van der Waals surface area contributed by atoms with Gasteiger partial charge < -0.3 is 10.3 Å². The monoisotopic (exact) mass is 263 g/mol. The number of hydrazine groups is 1. The SMILES string of the molecule is CCCCN(C)c1cc(NN)nc(C(F)(F)F)n1. The molecule has 0 aliphatic carbocycles. The predicted molar refractivity (Wildman–Crippen MR) is 63.0 cm³/mol. The van der Waals surface area contributed by atoms with Crippen molar-refractivity contribution >= 4 is 11.6 Å². The summed E-state index contributed by atoms with van der Waals surface area (Å²) in [5.41, 5.74) is 2.11. The lowest BCUT2D eigenvalue weighted by atomic mass is 10.3. The van der Waals surface area contributed by atoms with Crippen LogP contribution in [0.4, 0.5) is 24.8 Å². The Balaban J connectivity index is 3.04. The van der Waals surface area contributed by atoms with Crippen LogP contribution in [0.15, 0.2) is 6.07 Å². The molecule has 0 spiro atoms. The van der Waals surface area contributed by atoms with Crippen LogP contribution in [0.1, 0.15) is 25.6 Å². The van der Waals surface area contributed by atoms with E-state index in [-0.39, 0.29) is 11.6 Å². The quantitative estimate of drug-likeness (QED) is 0.628. The van der Waals surface area contributed by atoms with E-state index in [0.717, 1.165) is 12.8 Å². The number of halogens is 3. The molecule has 1 heterocycles. The average molecular weight is 263 g/mol. The summed E-state index contributed by atoms with van der Waals surface area (Å²) in [6.45, 7) is 2.62. The van der Waals surface area contributed by atoms with E-state index in [1.807, 2.05) is 6.92 Å². The zero-order chi connectivity index (χ0) is 13.8. The molecule has 18 heavy (non-hydrogen) atoms. The Morgan fingerprint density at radius 3 is 2.56 bits per heavy atom. The Hall–Kier alpha value is -1.57. The second kappa shape index (κ2) is 5.85. The van der Waals surface area contributed by atoms with E-state index >= 15 is 0 Å².